The number of halogens is 5. The van der Waals surface area contributed by atoms with E-state index in [1.165, 1.54) is 13.8 Å². The molecule has 0 saturated carbocycles. The molecule has 2 aliphatic rings. The van der Waals surface area contributed by atoms with Crippen molar-refractivity contribution < 1.29 is 23.8 Å². The molecular weight excluding hydrogens is 756 g/mol. The Morgan fingerprint density at radius 3 is 2.31 bits per heavy atom. The molecule has 0 radical (unpaired) electrons. The Labute approximate surface area is 324 Å². The fourth-order valence-electron chi connectivity index (χ4n) is 6.17. The lowest BCUT2D eigenvalue weighted by molar-refractivity contribution is -0.118. The van der Waals surface area contributed by atoms with Gasteiger partial charge in [0.2, 0.25) is 9.70 Å². The summed E-state index contributed by atoms with van der Waals surface area (Å²) in [5.74, 6) is 1.00. The molecule has 51 heavy (non-hydrogen) atoms. The minimum atomic E-state index is -1.86. The SMILES string of the molecule is Cc1cc(Cl)c(OCCOc2ccc(C3=C(C(=O)NCCCc4ccccc4Cl)C4CNCC(C3)N4C(=O)OC(C)(C)C(Cl)(Cl)Cl)cc2)cc1C. The second-order valence-electron chi connectivity index (χ2n) is 13.2. The van der Waals surface area contributed by atoms with Gasteiger partial charge in [0.25, 0.3) is 0 Å². The van der Waals surface area contributed by atoms with Gasteiger partial charge in [0.1, 0.15) is 24.7 Å². The number of rotatable bonds is 12. The molecule has 3 aromatic carbocycles. The number of fused-ring (bicyclic) bond motifs is 2. The molecular formula is C38H42Cl5N3O5. The van der Waals surface area contributed by atoms with E-state index in [9.17, 15) is 9.59 Å². The van der Waals surface area contributed by atoms with Gasteiger partial charge >= 0.3 is 6.09 Å². The number of piperazine rings is 1. The van der Waals surface area contributed by atoms with Crippen LogP contribution in [0.1, 0.15) is 48.9 Å². The van der Waals surface area contributed by atoms with Crippen molar-refractivity contribution in [3.8, 4) is 11.5 Å². The summed E-state index contributed by atoms with van der Waals surface area (Å²) in [4.78, 5) is 29.4. The van der Waals surface area contributed by atoms with Crippen molar-refractivity contribution >= 4 is 75.6 Å². The highest BCUT2D eigenvalue weighted by atomic mass is 35.6. The predicted molar refractivity (Wildman–Crippen MR) is 206 cm³/mol. The zero-order valence-corrected chi connectivity index (χ0v) is 32.7. The van der Waals surface area contributed by atoms with Crippen LogP contribution in [-0.2, 0) is 16.0 Å². The van der Waals surface area contributed by atoms with Crippen LogP contribution >= 0.6 is 58.0 Å². The molecule has 0 spiro atoms. The largest absolute Gasteiger partial charge is 0.490 e. The predicted octanol–water partition coefficient (Wildman–Crippen LogP) is 8.90. The van der Waals surface area contributed by atoms with Crippen molar-refractivity contribution in [3.63, 3.8) is 0 Å². The second-order valence-corrected chi connectivity index (χ2v) is 16.3. The van der Waals surface area contributed by atoms with E-state index in [0.29, 0.717) is 79.2 Å². The van der Waals surface area contributed by atoms with Gasteiger partial charge in [-0.25, -0.2) is 4.79 Å². The summed E-state index contributed by atoms with van der Waals surface area (Å²) in [6.07, 6.45) is 1.13. The lowest BCUT2D eigenvalue weighted by Crippen LogP contribution is -2.64. The van der Waals surface area contributed by atoms with Crippen LogP contribution < -0.4 is 20.1 Å². The van der Waals surface area contributed by atoms with Gasteiger partial charge in [0, 0.05) is 30.2 Å². The maximum atomic E-state index is 14.1. The molecule has 274 valence electrons. The molecule has 2 N–H and O–H groups in total. The first-order valence-corrected chi connectivity index (χ1v) is 18.7. The Morgan fingerprint density at radius 2 is 1.61 bits per heavy atom. The molecule has 2 unspecified atom stereocenters. The van der Waals surface area contributed by atoms with E-state index >= 15 is 0 Å². The quantitative estimate of drug-likeness (QED) is 0.141. The number of ether oxygens (including phenoxy) is 3. The number of aryl methyl sites for hydroxylation is 3. The monoisotopic (exact) mass is 795 g/mol. The van der Waals surface area contributed by atoms with Crippen LogP contribution in [0, 0.1) is 13.8 Å². The first-order chi connectivity index (χ1) is 24.2. The summed E-state index contributed by atoms with van der Waals surface area (Å²) in [6.45, 7) is 8.98. The van der Waals surface area contributed by atoms with Crippen molar-refractivity contribution in [1.82, 2.24) is 15.5 Å². The summed E-state index contributed by atoms with van der Waals surface area (Å²) >= 11 is 31.1. The van der Waals surface area contributed by atoms with Crippen LogP contribution in [0.2, 0.25) is 10.0 Å². The van der Waals surface area contributed by atoms with E-state index in [1.807, 2.05) is 74.5 Å². The number of amides is 2. The van der Waals surface area contributed by atoms with Crippen molar-refractivity contribution in [2.75, 3.05) is 32.8 Å². The number of hydrogen-bond donors (Lipinski definition) is 2. The lowest BCUT2D eigenvalue weighted by Gasteiger charge is -2.48. The van der Waals surface area contributed by atoms with Crippen molar-refractivity contribution in [1.29, 1.82) is 0 Å². The summed E-state index contributed by atoms with van der Waals surface area (Å²) in [6, 6.07) is 18.1. The van der Waals surface area contributed by atoms with E-state index in [4.69, 9.17) is 72.2 Å². The molecule has 5 rings (SSSR count). The molecule has 13 heteroatoms. The molecule has 1 fully saturated rings. The molecule has 2 amide bonds. The third-order valence-electron chi connectivity index (χ3n) is 9.25. The smallest absolute Gasteiger partial charge is 0.411 e. The maximum Gasteiger partial charge on any atom is 0.411 e. The fourth-order valence-corrected chi connectivity index (χ4v) is 6.79. The highest BCUT2D eigenvalue weighted by Gasteiger charge is 2.49. The van der Waals surface area contributed by atoms with E-state index in [2.05, 4.69) is 10.6 Å². The number of nitrogens with zero attached hydrogens (tertiary/aromatic N) is 1. The van der Waals surface area contributed by atoms with Crippen LogP contribution in [-0.4, -0.2) is 71.2 Å². The van der Waals surface area contributed by atoms with E-state index in [1.54, 1.807) is 4.90 Å². The van der Waals surface area contributed by atoms with Gasteiger partial charge < -0.3 is 24.8 Å². The summed E-state index contributed by atoms with van der Waals surface area (Å²) in [5.41, 5.74) is 3.97. The zero-order valence-electron chi connectivity index (χ0n) is 29.0. The molecule has 3 aromatic rings. The van der Waals surface area contributed by atoms with Crippen LogP contribution in [0.5, 0.6) is 11.5 Å². The van der Waals surface area contributed by atoms with Gasteiger partial charge in [-0.3, -0.25) is 9.69 Å². The minimum absolute atomic E-state index is 0.266. The van der Waals surface area contributed by atoms with Crippen LogP contribution in [0.4, 0.5) is 4.79 Å². The first kappa shape index (κ1) is 39.4. The Hall–Kier alpha value is -2.85. The number of carbonyl (C=O) groups excluding carboxylic acids is 2. The Kier molecular flexibility index (Phi) is 13.0. The van der Waals surface area contributed by atoms with Crippen LogP contribution in [0.15, 0.2) is 66.2 Å². The molecule has 2 heterocycles. The second kappa shape index (κ2) is 16.9. The average molecular weight is 798 g/mol. The van der Waals surface area contributed by atoms with Crippen LogP contribution in [0.25, 0.3) is 5.57 Å². The summed E-state index contributed by atoms with van der Waals surface area (Å²) in [7, 11) is 0. The maximum absolute atomic E-state index is 14.1. The summed E-state index contributed by atoms with van der Waals surface area (Å²) < 4.78 is 15.7. The van der Waals surface area contributed by atoms with Gasteiger partial charge in [0.05, 0.1) is 17.1 Å². The molecule has 0 aliphatic carbocycles. The lowest BCUT2D eigenvalue weighted by atomic mass is 9.82. The number of nitrogens with one attached hydrogen (secondary N) is 2. The Balaban J connectivity index is 1.34. The van der Waals surface area contributed by atoms with E-state index < -0.39 is 21.5 Å². The number of hydrogen-bond acceptors (Lipinski definition) is 6. The third-order valence-corrected chi connectivity index (χ3v) is 11.3. The highest BCUT2D eigenvalue weighted by Crippen LogP contribution is 2.43. The van der Waals surface area contributed by atoms with Crippen molar-refractivity contribution in [2.24, 2.45) is 0 Å². The minimum Gasteiger partial charge on any atom is -0.490 e. The van der Waals surface area contributed by atoms with E-state index in [0.717, 1.165) is 27.8 Å². The first-order valence-electron chi connectivity index (χ1n) is 16.8. The zero-order chi connectivity index (χ0) is 36.9. The standard InChI is InChI=1S/C38H42Cl5N3O5/c1-23-18-31(40)33(19-24(23)2)50-17-16-49-28-13-11-25(12-14-28)29-20-27-21-44-22-32(46(27)36(48)51-37(3,4)38(41,42)43)34(29)35(47)45-15-7-9-26-8-5-6-10-30(26)39/h5-6,8,10-14,18-19,27,32,44H,7,9,15-17,20-22H2,1-4H3,(H,45,47). The van der Waals surface area contributed by atoms with Crippen LogP contribution in [0.3, 0.4) is 0 Å². The van der Waals surface area contributed by atoms with Gasteiger partial charge in [-0.15, -0.1) is 0 Å². The average Bonchev–Trinajstić information content (AvgIpc) is 3.07. The van der Waals surface area contributed by atoms with Gasteiger partial charge in [-0.1, -0.05) is 88.3 Å². The number of benzene rings is 3. The molecule has 1 saturated heterocycles. The van der Waals surface area contributed by atoms with Gasteiger partial charge in [-0.2, -0.15) is 0 Å². The van der Waals surface area contributed by atoms with Crippen molar-refractivity contribution in [3.05, 3.63) is 98.5 Å². The van der Waals surface area contributed by atoms with Crippen molar-refractivity contribution in [2.45, 2.75) is 68.4 Å². The summed E-state index contributed by atoms with van der Waals surface area (Å²) in [5, 5.41) is 7.72. The molecule has 8 nitrogen and oxygen atoms in total. The number of carbonyl (C=O) groups is 2. The van der Waals surface area contributed by atoms with Gasteiger partial charge in [-0.05, 0) is 105 Å². The molecule has 2 bridgehead atoms. The molecule has 0 aromatic heterocycles. The fraction of sp³-hybridized carbons (Fsp3) is 0.421. The molecule has 2 atom stereocenters. The topological polar surface area (TPSA) is 89.1 Å². The third kappa shape index (κ3) is 9.58. The Bertz CT molecular complexity index is 1760. The normalized spacial score (nSPS) is 17.6. The molecule has 2 aliphatic heterocycles. The highest BCUT2D eigenvalue weighted by molar-refractivity contribution is 6.68. The van der Waals surface area contributed by atoms with E-state index in [-0.39, 0.29) is 11.9 Å². The number of alkyl halides is 3. The Morgan fingerprint density at radius 1 is 0.922 bits per heavy atom. The van der Waals surface area contributed by atoms with Gasteiger partial charge in [0.15, 0.2) is 5.60 Å².